The lowest BCUT2D eigenvalue weighted by Gasteiger charge is -2.48. The van der Waals surface area contributed by atoms with Crippen LogP contribution >= 0.6 is 0 Å². The summed E-state index contributed by atoms with van der Waals surface area (Å²) < 4.78 is 18.2. The Balaban J connectivity index is 1.88. The van der Waals surface area contributed by atoms with Crippen molar-refractivity contribution in [2.24, 2.45) is 0 Å². The molecule has 4 heteroatoms. The van der Waals surface area contributed by atoms with Gasteiger partial charge in [-0.15, -0.1) is 6.42 Å². The monoisotopic (exact) mass is 248 g/mol. The van der Waals surface area contributed by atoms with E-state index in [1.165, 1.54) is 12.3 Å². The Bertz CT molecular complexity index is 450. The first-order chi connectivity index (χ1) is 8.53. The third-order valence-corrected chi connectivity index (χ3v) is 3.36. The van der Waals surface area contributed by atoms with Crippen LogP contribution in [0.2, 0.25) is 0 Å². The maximum atomic E-state index is 12.6. The Morgan fingerprint density at radius 2 is 2.39 bits per heavy atom. The molecule has 0 N–H and O–H groups in total. The van der Waals surface area contributed by atoms with Gasteiger partial charge in [0.2, 0.25) is 5.95 Å². The Labute approximate surface area is 107 Å². The molecule has 0 aliphatic carbocycles. The molecule has 2 heterocycles. The molecule has 1 fully saturated rings. The zero-order valence-corrected chi connectivity index (χ0v) is 10.7. The second-order valence-corrected chi connectivity index (χ2v) is 4.97. The fourth-order valence-corrected chi connectivity index (χ4v) is 2.07. The SMILES string of the molecule is C#CC(C)(C)N1CC[C@H]1COc1ccc(F)nc1. The van der Waals surface area contributed by atoms with E-state index in [-0.39, 0.29) is 5.54 Å². The molecule has 0 saturated carbocycles. The Hall–Kier alpha value is -1.60. The van der Waals surface area contributed by atoms with E-state index in [9.17, 15) is 4.39 Å². The largest absolute Gasteiger partial charge is 0.490 e. The summed E-state index contributed by atoms with van der Waals surface area (Å²) in [4.78, 5) is 5.79. The van der Waals surface area contributed by atoms with Gasteiger partial charge in [-0.05, 0) is 32.4 Å². The van der Waals surface area contributed by atoms with Gasteiger partial charge in [0.05, 0.1) is 11.7 Å². The van der Waals surface area contributed by atoms with E-state index < -0.39 is 5.95 Å². The van der Waals surface area contributed by atoms with Gasteiger partial charge in [0, 0.05) is 12.6 Å². The number of rotatable bonds is 4. The summed E-state index contributed by atoms with van der Waals surface area (Å²) in [5.41, 5.74) is -0.243. The van der Waals surface area contributed by atoms with E-state index in [0.29, 0.717) is 18.4 Å². The minimum absolute atomic E-state index is 0.243. The average Bonchev–Trinajstić information content (AvgIpc) is 2.30. The summed E-state index contributed by atoms with van der Waals surface area (Å²) in [5.74, 6) is 2.87. The molecule has 1 aromatic heterocycles. The number of hydrogen-bond donors (Lipinski definition) is 0. The molecule has 2 rings (SSSR count). The van der Waals surface area contributed by atoms with E-state index in [2.05, 4.69) is 15.8 Å². The highest BCUT2D eigenvalue weighted by Gasteiger charge is 2.38. The van der Waals surface area contributed by atoms with Crippen LogP contribution in [0.1, 0.15) is 20.3 Å². The third kappa shape index (κ3) is 2.62. The Kier molecular flexibility index (Phi) is 3.53. The van der Waals surface area contributed by atoms with Gasteiger partial charge >= 0.3 is 0 Å². The average molecular weight is 248 g/mol. The first kappa shape index (κ1) is 12.8. The summed E-state index contributed by atoms with van der Waals surface area (Å²) in [5, 5.41) is 0. The van der Waals surface area contributed by atoms with Gasteiger partial charge in [0.1, 0.15) is 12.4 Å². The fourth-order valence-electron chi connectivity index (χ4n) is 2.07. The zero-order chi connectivity index (χ0) is 13.2. The summed E-state index contributed by atoms with van der Waals surface area (Å²) >= 11 is 0. The predicted molar refractivity (Wildman–Crippen MR) is 67.7 cm³/mol. The van der Waals surface area contributed by atoms with Gasteiger partial charge in [0.25, 0.3) is 0 Å². The highest BCUT2D eigenvalue weighted by Crippen LogP contribution is 2.27. The van der Waals surface area contributed by atoms with Crippen LogP contribution in [-0.2, 0) is 0 Å². The minimum Gasteiger partial charge on any atom is -0.490 e. The van der Waals surface area contributed by atoms with Gasteiger partial charge in [-0.25, -0.2) is 4.98 Å². The summed E-state index contributed by atoms with van der Waals surface area (Å²) in [7, 11) is 0. The molecule has 0 aromatic carbocycles. The lowest BCUT2D eigenvalue weighted by Crippen LogP contribution is -2.59. The number of pyridine rings is 1. The van der Waals surface area contributed by atoms with Crippen LogP contribution in [0.3, 0.4) is 0 Å². The predicted octanol–water partition coefficient (Wildman–Crippen LogP) is 2.09. The highest BCUT2D eigenvalue weighted by atomic mass is 19.1. The van der Waals surface area contributed by atoms with Crippen LogP contribution in [0.5, 0.6) is 5.75 Å². The maximum absolute atomic E-state index is 12.6. The fraction of sp³-hybridized carbons (Fsp3) is 0.500. The molecule has 1 saturated heterocycles. The molecule has 0 amide bonds. The van der Waals surface area contributed by atoms with E-state index in [4.69, 9.17) is 11.2 Å². The standard InChI is InChI=1S/C14H17FN2O/c1-4-14(2,3)17-8-7-11(17)10-18-12-5-6-13(15)16-9-12/h1,5-6,9,11H,7-8,10H2,2-3H3/t11-/m0/s1. The van der Waals surface area contributed by atoms with Gasteiger partial charge in [-0.3, -0.25) is 4.90 Å². The van der Waals surface area contributed by atoms with Crippen LogP contribution in [0.15, 0.2) is 18.3 Å². The van der Waals surface area contributed by atoms with Crippen molar-refractivity contribution in [2.75, 3.05) is 13.2 Å². The van der Waals surface area contributed by atoms with Gasteiger partial charge < -0.3 is 4.74 Å². The molecular weight excluding hydrogens is 231 g/mol. The van der Waals surface area contributed by atoms with Crippen LogP contribution in [0.4, 0.5) is 4.39 Å². The van der Waals surface area contributed by atoms with Crippen LogP contribution in [0, 0.1) is 18.3 Å². The van der Waals surface area contributed by atoms with Crippen LogP contribution < -0.4 is 4.74 Å². The van der Waals surface area contributed by atoms with Crippen molar-refractivity contribution in [3.8, 4) is 18.1 Å². The third-order valence-electron chi connectivity index (χ3n) is 3.36. The molecule has 1 aromatic rings. The van der Waals surface area contributed by atoms with E-state index >= 15 is 0 Å². The Morgan fingerprint density at radius 1 is 1.61 bits per heavy atom. The molecule has 96 valence electrons. The van der Waals surface area contributed by atoms with Crippen LogP contribution in [-0.4, -0.2) is 34.6 Å². The van der Waals surface area contributed by atoms with E-state index in [1.54, 1.807) is 6.07 Å². The van der Waals surface area contributed by atoms with Crippen molar-refractivity contribution in [3.63, 3.8) is 0 Å². The highest BCUT2D eigenvalue weighted by molar-refractivity contribution is 5.17. The number of halogens is 1. The lowest BCUT2D eigenvalue weighted by molar-refractivity contribution is -0.00356. The normalized spacial score (nSPS) is 20.0. The van der Waals surface area contributed by atoms with Crippen molar-refractivity contribution in [3.05, 3.63) is 24.3 Å². The van der Waals surface area contributed by atoms with Crippen molar-refractivity contribution in [1.82, 2.24) is 9.88 Å². The second kappa shape index (κ2) is 4.95. The molecule has 3 nitrogen and oxygen atoms in total. The second-order valence-electron chi connectivity index (χ2n) is 4.97. The number of aromatic nitrogens is 1. The number of likely N-dealkylation sites (tertiary alicyclic amines) is 1. The molecule has 0 spiro atoms. The topological polar surface area (TPSA) is 25.4 Å². The van der Waals surface area contributed by atoms with Crippen molar-refractivity contribution < 1.29 is 9.13 Å². The van der Waals surface area contributed by atoms with Crippen molar-refractivity contribution in [2.45, 2.75) is 31.8 Å². The summed E-state index contributed by atoms with van der Waals surface area (Å²) in [6.07, 6.45) is 7.98. The number of hydrogen-bond acceptors (Lipinski definition) is 3. The minimum atomic E-state index is -0.499. The molecule has 0 unspecified atom stereocenters. The van der Waals surface area contributed by atoms with Gasteiger partial charge in [-0.1, -0.05) is 5.92 Å². The van der Waals surface area contributed by atoms with Gasteiger partial charge in [-0.2, -0.15) is 4.39 Å². The quantitative estimate of drug-likeness (QED) is 0.602. The molecule has 0 radical (unpaired) electrons. The number of nitrogens with zero attached hydrogens (tertiary/aromatic N) is 2. The summed E-state index contributed by atoms with van der Waals surface area (Å²) in [6, 6.07) is 3.19. The van der Waals surface area contributed by atoms with E-state index in [0.717, 1.165) is 13.0 Å². The number of ether oxygens (including phenoxy) is 1. The maximum Gasteiger partial charge on any atom is 0.213 e. The summed E-state index contributed by atoms with van der Waals surface area (Å²) in [6.45, 7) is 5.60. The van der Waals surface area contributed by atoms with Crippen molar-refractivity contribution in [1.29, 1.82) is 0 Å². The molecule has 18 heavy (non-hydrogen) atoms. The van der Waals surface area contributed by atoms with Crippen LogP contribution in [0.25, 0.3) is 0 Å². The number of terminal acetylenes is 1. The molecule has 1 atom stereocenters. The first-order valence-corrected chi connectivity index (χ1v) is 6.02. The molecule has 1 aliphatic heterocycles. The Morgan fingerprint density at radius 3 is 2.89 bits per heavy atom. The zero-order valence-electron chi connectivity index (χ0n) is 10.7. The lowest BCUT2D eigenvalue weighted by atomic mass is 9.93. The smallest absolute Gasteiger partial charge is 0.213 e. The molecule has 0 bridgehead atoms. The van der Waals surface area contributed by atoms with Gasteiger partial charge in [0.15, 0.2) is 0 Å². The van der Waals surface area contributed by atoms with Crippen molar-refractivity contribution >= 4 is 0 Å². The molecular formula is C14H17FN2O. The first-order valence-electron chi connectivity index (χ1n) is 6.02. The van der Waals surface area contributed by atoms with E-state index in [1.807, 2.05) is 13.8 Å². The molecule has 1 aliphatic rings.